The number of rotatable bonds is 3. The van der Waals surface area contributed by atoms with Crippen LogP contribution in [0.2, 0.25) is 5.15 Å². The standard InChI is InChI=1S/C13H15ClN2O4/c1-7-3-8(4-11(14)15-7)12(17)16(2)10-6-20-5-9(10)13(18)19/h3-4,9-10H,5-6H2,1-2H3,(H,18,19). The van der Waals surface area contributed by atoms with Crippen molar-refractivity contribution in [3.8, 4) is 0 Å². The molecule has 1 amide bonds. The maximum Gasteiger partial charge on any atom is 0.311 e. The number of aliphatic carboxylic acids is 1. The van der Waals surface area contributed by atoms with Gasteiger partial charge < -0.3 is 14.7 Å². The van der Waals surface area contributed by atoms with Gasteiger partial charge in [-0.3, -0.25) is 9.59 Å². The van der Waals surface area contributed by atoms with Gasteiger partial charge >= 0.3 is 5.97 Å². The molecule has 0 spiro atoms. The number of hydrogen-bond acceptors (Lipinski definition) is 4. The number of amides is 1. The van der Waals surface area contributed by atoms with E-state index in [2.05, 4.69) is 4.98 Å². The maximum atomic E-state index is 12.4. The van der Waals surface area contributed by atoms with Crippen LogP contribution in [0, 0.1) is 12.8 Å². The van der Waals surface area contributed by atoms with Gasteiger partial charge in [-0.25, -0.2) is 4.98 Å². The highest BCUT2D eigenvalue weighted by Gasteiger charge is 2.38. The Kier molecular flexibility index (Phi) is 4.25. The van der Waals surface area contributed by atoms with Crippen LogP contribution in [0.4, 0.5) is 0 Å². The molecule has 1 aliphatic rings. The van der Waals surface area contributed by atoms with Crippen LogP contribution < -0.4 is 0 Å². The summed E-state index contributed by atoms with van der Waals surface area (Å²) in [6.07, 6.45) is 0. The van der Waals surface area contributed by atoms with Gasteiger partial charge in [0.15, 0.2) is 0 Å². The molecule has 0 aromatic carbocycles. The minimum absolute atomic E-state index is 0.119. The Balaban J connectivity index is 2.22. The lowest BCUT2D eigenvalue weighted by Gasteiger charge is -2.26. The number of carboxylic acid groups (broad SMARTS) is 1. The van der Waals surface area contributed by atoms with Crippen molar-refractivity contribution in [3.63, 3.8) is 0 Å². The van der Waals surface area contributed by atoms with Crippen LogP contribution in [0.15, 0.2) is 12.1 Å². The normalized spacial score (nSPS) is 21.8. The second-order valence-corrected chi connectivity index (χ2v) is 5.17. The minimum atomic E-state index is -0.962. The first-order valence-corrected chi connectivity index (χ1v) is 6.50. The Bertz CT molecular complexity index is 529. The Morgan fingerprint density at radius 3 is 2.75 bits per heavy atom. The molecule has 0 saturated carbocycles. The third-order valence-electron chi connectivity index (χ3n) is 3.35. The number of aromatic nitrogens is 1. The monoisotopic (exact) mass is 298 g/mol. The lowest BCUT2D eigenvalue weighted by molar-refractivity contribution is -0.142. The van der Waals surface area contributed by atoms with Crippen molar-refractivity contribution in [2.75, 3.05) is 20.3 Å². The summed E-state index contributed by atoms with van der Waals surface area (Å²) in [5.74, 6) is -1.96. The van der Waals surface area contributed by atoms with Gasteiger partial charge in [0.1, 0.15) is 11.1 Å². The van der Waals surface area contributed by atoms with E-state index in [4.69, 9.17) is 21.4 Å². The van der Waals surface area contributed by atoms with Crippen molar-refractivity contribution >= 4 is 23.5 Å². The molecule has 1 aromatic rings. The fourth-order valence-electron chi connectivity index (χ4n) is 2.27. The number of carbonyl (C=O) groups is 2. The molecular weight excluding hydrogens is 284 g/mol. The molecule has 6 nitrogen and oxygen atoms in total. The average Bonchev–Trinajstić information content (AvgIpc) is 2.85. The van der Waals surface area contributed by atoms with Crippen molar-refractivity contribution in [1.29, 1.82) is 0 Å². The molecule has 1 aromatic heterocycles. The predicted octanol–water partition coefficient (Wildman–Crippen LogP) is 1.22. The quantitative estimate of drug-likeness (QED) is 0.849. The van der Waals surface area contributed by atoms with Gasteiger partial charge in [-0.1, -0.05) is 11.6 Å². The number of likely N-dealkylation sites (N-methyl/N-ethyl adjacent to an activating group) is 1. The van der Waals surface area contributed by atoms with Gasteiger partial charge in [-0.15, -0.1) is 0 Å². The van der Waals surface area contributed by atoms with E-state index in [0.717, 1.165) is 0 Å². The third-order valence-corrected chi connectivity index (χ3v) is 3.55. The van der Waals surface area contributed by atoms with Crippen LogP contribution >= 0.6 is 11.6 Å². The number of carbonyl (C=O) groups excluding carboxylic acids is 1. The summed E-state index contributed by atoms with van der Waals surface area (Å²) in [5.41, 5.74) is 1.02. The van der Waals surface area contributed by atoms with Crippen molar-refractivity contribution in [1.82, 2.24) is 9.88 Å². The highest BCUT2D eigenvalue weighted by atomic mass is 35.5. The van der Waals surface area contributed by atoms with Gasteiger partial charge in [0.2, 0.25) is 0 Å². The molecule has 2 unspecified atom stereocenters. The lowest BCUT2D eigenvalue weighted by Crippen LogP contribution is -2.44. The van der Waals surface area contributed by atoms with Crippen LogP contribution in [0.1, 0.15) is 16.1 Å². The highest BCUT2D eigenvalue weighted by molar-refractivity contribution is 6.29. The molecule has 1 saturated heterocycles. The number of carboxylic acids is 1. The summed E-state index contributed by atoms with van der Waals surface area (Å²) < 4.78 is 5.17. The number of aryl methyl sites for hydroxylation is 1. The molecule has 20 heavy (non-hydrogen) atoms. The number of halogens is 1. The molecule has 0 radical (unpaired) electrons. The topological polar surface area (TPSA) is 79.7 Å². The van der Waals surface area contributed by atoms with E-state index in [1.807, 2.05) is 0 Å². The van der Waals surface area contributed by atoms with Gasteiger partial charge in [-0.05, 0) is 19.1 Å². The second-order valence-electron chi connectivity index (χ2n) is 4.79. The van der Waals surface area contributed by atoms with Crippen molar-refractivity contribution < 1.29 is 19.4 Å². The zero-order valence-corrected chi connectivity index (χ0v) is 11.9. The number of nitrogens with zero attached hydrogens (tertiary/aromatic N) is 2. The van der Waals surface area contributed by atoms with Crippen LogP contribution in [0.3, 0.4) is 0 Å². The van der Waals surface area contributed by atoms with Crippen molar-refractivity contribution in [2.24, 2.45) is 5.92 Å². The lowest BCUT2D eigenvalue weighted by atomic mass is 10.0. The fourth-order valence-corrected chi connectivity index (χ4v) is 2.52. The minimum Gasteiger partial charge on any atom is -0.481 e. The summed E-state index contributed by atoms with van der Waals surface area (Å²) in [7, 11) is 1.57. The molecule has 0 bridgehead atoms. The highest BCUT2D eigenvalue weighted by Crippen LogP contribution is 2.21. The smallest absolute Gasteiger partial charge is 0.311 e. The average molecular weight is 299 g/mol. The van der Waals surface area contributed by atoms with Gasteiger partial charge in [0, 0.05) is 18.3 Å². The molecule has 1 fully saturated rings. The summed E-state index contributed by atoms with van der Waals surface area (Å²) in [4.78, 5) is 28.9. The molecular formula is C13H15ClN2O4. The molecule has 7 heteroatoms. The molecule has 1 aliphatic heterocycles. The van der Waals surface area contributed by atoms with Crippen LogP contribution in [-0.2, 0) is 9.53 Å². The van der Waals surface area contributed by atoms with E-state index >= 15 is 0 Å². The fraction of sp³-hybridized carbons (Fsp3) is 0.462. The van der Waals surface area contributed by atoms with E-state index in [1.54, 1.807) is 20.0 Å². The van der Waals surface area contributed by atoms with Crippen molar-refractivity contribution in [2.45, 2.75) is 13.0 Å². The predicted molar refractivity (Wildman–Crippen MR) is 71.8 cm³/mol. The first-order valence-electron chi connectivity index (χ1n) is 6.12. The first-order chi connectivity index (χ1) is 9.40. The Morgan fingerprint density at radius 2 is 2.15 bits per heavy atom. The third kappa shape index (κ3) is 2.91. The largest absolute Gasteiger partial charge is 0.481 e. The Hall–Kier alpha value is -1.66. The second kappa shape index (κ2) is 5.76. The van der Waals surface area contributed by atoms with Gasteiger partial charge in [0.25, 0.3) is 5.91 Å². The summed E-state index contributed by atoms with van der Waals surface area (Å²) in [6.45, 7) is 2.08. The Labute approximate surface area is 121 Å². The number of pyridine rings is 1. The van der Waals surface area contributed by atoms with Crippen LogP contribution in [0.25, 0.3) is 0 Å². The van der Waals surface area contributed by atoms with Gasteiger partial charge in [0.05, 0.1) is 19.3 Å². The maximum absolute atomic E-state index is 12.4. The molecule has 2 heterocycles. The van der Waals surface area contributed by atoms with E-state index in [0.29, 0.717) is 11.3 Å². The molecule has 108 valence electrons. The number of ether oxygens (including phenoxy) is 1. The molecule has 0 aliphatic carbocycles. The Morgan fingerprint density at radius 1 is 1.45 bits per heavy atom. The molecule has 1 N–H and O–H groups in total. The van der Waals surface area contributed by atoms with E-state index in [9.17, 15) is 9.59 Å². The van der Waals surface area contributed by atoms with E-state index < -0.39 is 17.9 Å². The zero-order chi connectivity index (χ0) is 14.9. The van der Waals surface area contributed by atoms with E-state index in [-0.39, 0.29) is 24.3 Å². The first kappa shape index (κ1) is 14.7. The molecule has 2 rings (SSSR count). The molecule has 2 atom stereocenters. The summed E-state index contributed by atoms with van der Waals surface area (Å²) in [6, 6.07) is 2.61. The van der Waals surface area contributed by atoms with Crippen molar-refractivity contribution in [3.05, 3.63) is 28.5 Å². The summed E-state index contributed by atoms with van der Waals surface area (Å²) in [5, 5.41) is 9.36. The van der Waals surface area contributed by atoms with Gasteiger partial charge in [-0.2, -0.15) is 0 Å². The zero-order valence-electron chi connectivity index (χ0n) is 11.2. The SMILES string of the molecule is Cc1cc(C(=O)N(C)C2COCC2C(=O)O)cc(Cl)n1. The van der Waals surface area contributed by atoms with E-state index in [1.165, 1.54) is 11.0 Å². The number of hydrogen-bond donors (Lipinski definition) is 1. The summed E-state index contributed by atoms with van der Waals surface area (Å²) >= 11 is 5.84. The van der Waals surface area contributed by atoms with Crippen LogP contribution in [-0.4, -0.2) is 53.2 Å². The van der Waals surface area contributed by atoms with Crippen LogP contribution in [0.5, 0.6) is 0 Å².